The van der Waals surface area contributed by atoms with Crippen LogP contribution in [0.1, 0.15) is 0 Å². The average Bonchev–Trinajstić information content (AvgIpc) is 4.60. The molecule has 0 saturated heterocycles. The van der Waals surface area contributed by atoms with Crippen LogP contribution in [0.25, 0.3) is 182 Å². The average molecular weight is 1080 g/mol. The van der Waals surface area contributed by atoms with Crippen molar-refractivity contribution in [2.75, 3.05) is 0 Å². The molecule has 12 aromatic carbocycles. The summed E-state index contributed by atoms with van der Waals surface area (Å²) in [6, 6.07) is 91.0. The Morgan fingerprint density at radius 2 is 0.756 bits per heavy atom. The molecule has 0 aliphatic heterocycles. The summed E-state index contributed by atoms with van der Waals surface area (Å²) in [6.07, 6.45) is 4.75. The molecule has 0 fully saturated rings. The van der Waals surface area contributed by atoms with Crippen molar-refractivity contribution in [3.05, 3.63) is 255 Å². The van der Waals surface area contributed by atoms with Crippen LogP contribution in [0.5, 0.6) is 0 Å². The molecule has 20 aromatic rings. The molecule has 0 unspecified atom stereocenters. The molecule has 0 aliphatic carbocycles. The summed E-state index contributed by atoms with van der Waals surface area (Å²) in [4.78, 5) is 0. The van der Waals surface area contributed by atoms with E-state index in [2.05, 4.69) is 273 Å². The van der Waals surface area contributed by atoms with Gasteiger partial charge in [-0.2, -0.15) is 0 Å². The summed E-state index contributed by atoms with van der Waals surface area (Å²) in [7, 11) is 0. The molecule has 378 valence electrons. The Labute approximate surface area is 475 Å². The maximum Gasteiger partial charge on any atom is 0.0714 e. The SMILES string of the molecule is c1ccc(-n2c3ccccc3c3c4c(ccc32)c2c3ccccc3cn2c2c4ccc3c4cccc(-c5ccc6c(c5)c5ccc7c(c8ccc9c%10ccccc%10sc9c8n8cc9ccccc9c78)c5n6-c5ccccc5)c4sc32)cc1. The van der Waals surface area contributed by atoms with Crippen LogP contribution in [-0.2, 0) is 0 Å². The van der Waals surface area contributed by atoms with Crippen molar-refractivity contribution in [1.82, 2.24) is 17.9 Å². The van der Waals surface area contributed by atoms with Crippen LogP contribution in [0.3, 0.4) is 0 Å². The number of thiophene rings is 2. The van der Waals surface area contributed by atoms with Gasteiger partial charge in [0, 0.05) is 130 Å². The van der Waals surface area contributed by atoms with Crippen molar-refractivity contribution in [2.45, 2.75) is 0 Å². The molecule has 8 aromatic heterocycles. The largest absolute Gasteiger partial charge is 0.313 e. The number of para-hydroxylation sites is 3. The highest BCUT2D eigenvalue weighted by atomic mass is 32.1. The van der Waals surface area contributed by atoms with Gasteiger partial charge in [-0.25, -0.2) is 0 Å². The maximum atomic E-state index is 2.55. The highest BCUT2D eigenvalue weighted by Gasteiger charge is 2.26. The first kappa shape index (κ1) is 43.6. The second-order valence-corrected chi connectivity index (χ2v) is 24.4. The van der Waals surface area contributed by atoms with Gasteiger partial charge >= 0.3 is 0 Å². The van der Waals surface area contributed by atoms with E-state index < -0.39 is 0 Å². The minimum atomic E-state index is 1.15. The van der Waals surface area contributed by atoms with Gasteiger partial charge in [-0.3, -0.25) is 0 Å². The van der Waals surface area contributed by atoms with Gasteiger partial charge < -0.3 is 17.9 Å². The molecule has 0 aliphatic rings. The van der Waals surface area contributed by atoms with Crippen molar-refractivity contribution in [3.8, 4) is 22.5 Å². The van der Waals surface area contributed by atoms with Crippen LogP contribution in [0.4, 0.5) is 0 Å². The Morgan fingerprint density at radius 3 is 1.49 bits per heavy atom. The van der Waals surface area contributed by atoms with E-state index in [0.29, 0.717) is 0 Å². The summed E-state index contributed by atoms with van der Waals surface area (Å²) in [6.45, 7) is 0. The molecule has 0 saturated carbocycles. The topological polar surface area (TPSA) is 18.7 Å². The molecule has 0 atom stereocenters. The van der Waals surface area contributed by atoms with Gasteiger partial charge in [-0.15, -0.1) is 22.7 Å². The van der Waals surface area contributed by atoms with E-state index in [0.717, 1.165) is 11.4 Å². The number of rotatable bonds is 3. The van der Waals surface area contributed by atoms with Gasteiger partial charge in [0.1, 0.15) is 0 Å². The van der Waals surface area contributed by atoms with Gasteiger partial charge in [-0.1, -0.05) is 188 Å². The first-order chi connectivity index (χ1) is 40.7. The van der Waals surface area contributed by atoms with Crippen molar-refractivity contribution in [1.29, 1.82) is 0 Å². The molecule has 0 bridgehead atoms. The number of benzene rings is 12. The Hall–Kier alpha value is -10.2. The highest BCUT2D eigenvalue weighted by Crippen LogP contribution is 2.51. The first-order valence-electron chi connectivity index (χ1n) is 28.2. The number of hydrogen-bond donors (Lipinski definition) is 0. The Morgan fingerprint density at radius 1 is 0.256 bits per heavy atom. The molecular weight excluding hydrogens is 1030 g/mol. The predicted molar refractivity (Wildman–Crippen MR) is 353 cm³/mol. The second-order valence-electron chi connectivity index (χ2n) is 22.3. The molecular formula is C76H42N4S2. The van der Waals surface area contributed by atoms with Crippen molar-refractivity contribution < 1.29 is 0 Å². The van der Waals surface area contributed by atoms with Gasteiger partial charge in [0.15, 0.2) is 0 Å². The zero-order chi connectivity index (χ0) is 53.1. The van der Waals surface area contributed by atoms with E-state index in [1.165, 1.54) is 171 Å². The van der Waals surface area contributed by atoms with Crippen LogP contribution in [0, 0.1) is 0 Å². The molecule has 0 amide bonds. The summed E-state index contributed by atoms with van der Waals surface area (Å²) < 4.78 is 15.3. The summed E-state index contributed by atoms with van der Waals surface area (Å²) in [5.41, 5.74) is 14.6. The fourth-order valence-corrected chi connectivity index (χ4v) is 17.6. The monoisotopic (exact) mass is 1070 g/mol. The van der Waals surface area contributed by atoms with E-state index in [-0.39, 0.29) is 0 Å². The number of fused-ring (bicyclic) bond motifs is 32. The minimum Gasteiger partial charge on any atom is -0.313 e. The Balaban J connectivity index is 0.887. The summed E-state index contributed by atoms with van der Waals surface area (Å²) in [5.74, 6) is 0. The quantitative estimate of drug-likeness (QED) is 0.157. The normalized spacial score (nSPS) is 12.6. The lowest BCUT2D eigenvalue weighted by atomic mass is 9.96. The zero-order valence-electron chi connectivity index (χ0n) is 43.9. The number of pyridine rings is 2. The number of nitrogens with zero attached hydrogens (tertiary/aromatic N) is 4. The van der Waals surface area contributed by atoms with Crippen LogP contribution in [0.2, 0.25) is 0 Å². The van der Waals surface area contributed by atoms with Gasteiger partial charge in [0.2, 0.25) is 0 Å². The van der Waals surface area contributed by atoms with Crippen molar-refractivity contribution in [3.63, 3.8) is 0 Å². The minimum absolute atomic E-state index is 1.15. The van der Waals surface area contributed by atoms with Crippen LogP contribution in [0.15, 0.2) is 255 Å². The lowest BCUT2D eigenvalue weighted by molar-refractivity contribution is 1.18. The van der Waals surface area contributed by atoms with E-state index in [4.69, 9.17) is 0 Å². The third-order valence-corrected chi connectivity index (χ3v) is 20.7. The molecule has 0 spiro atoms. The van der Waals surface area contributed by atoms with Crippen LogP contribution >= 0.6 is 22.7 Å². The third kappa shape index (κ3) is 5.51. The lowest BCUT2D eigenvalue weighted by Crippen LogP contribution is -1.96. The molecule has 0 N–H and O–H groups in total. The van der Waals surface area contributed by atoms with Gasteiger partial charge in [0.05, 0.1) is 53.5 Å². The Kier molecular flexibility index (Phi) is 8.39. The number of aromatic nitrogens is 4. The summed E-state index contributed by atoms with van der Waals surface area (Å²) in [5, 5.41) is 22.9. The van der Waals surface area contributed by atoms with E-state index in [1.807, 2.05) is 22.7 Å². The second kappa shape index (κ2) is 15.8. The molecule has 4 nitrogen and oxygen atoms in total. The van der Waals surface area contributed by atoms with E-state index in [9.17, 15) is 0 Å². The van der Waals surface area contributed by atoms with Crippen LogP contribution < -0.4 is 0 Å². The molecule has 0 radical (unpaired) electrons. The molecule has 6 heteroatoms. The standard InChI is InChI=1S/C76H42N4S2/c1-3-18-46(19-4-1)79-62-28-13-11-25-56(62)68-64(79)39-37-57-66(68)58-35-33-55-53-27-15-26-50(74(53)82-76(55)72(58)77-41-44-16-7-9-22-48(44)69(57)77)43-30-38-63-61(40-43)52-31-34-59-67(71(52)80(63)47-20-5-2-6-21-47)60-36-32-54-51-24-12-14-29-65(51)81-75(54)73(60)78-42-45-17-8-10-23-49(45)70(59)78/h1-42H. The lowest BCUT2D eigenvalue weighted by Gasteiger charge is -2.15. The predicted octanol–water partition coefficient (Wildman–Crippen LogP) is 21.7. The highest BCUT2D eigenvalue weighted by molar-refractivity contribution is 7.27. The summed E-state index contributed by atoms with van der Waals surface area (Å²) >= 11 is 3.85. The maximum absolute atomic E-state index is 2.55. The van der Waals surface area contributed by atoms with Crippen molar-refractivity contribution in [2.24, 2.45) is 0 Å². The number of hydrogen-bond acceptors (Lipinski definition) is 2. The first-order valence-corrected chi connectivity index (χ1v) is 29.8. The third-order valence-electron chi connectivity index (χ3n) is 18.2. The van der Waals surface area contributed by atoms with E-state index >= 15 is 0 Å². The molecule has 8 heterocycles. The van der Waals surface area contributed by atoms with Gasteiger partial charge in [-0.05, 0) is 65.7 Å². The van der Waals surface area contributed by atoms with Gasteiger partial charge in [0.25, 0.3) is 0 Å². The molecule has 20 rings (SSSR count). The zero-order valence-corrected chi connectivity index (χ0v) is 45.5. The Bertz CT molecular complexity index is 6240. The smallest absolute Gasteiger partial charge is 0.0714 e. The fourth-order valence-electron chi connectivity index (χ4n) is 14.9. The van der Waals surface area contributed by atoms with Crippen molar-refractivity contribution >= 4 is 183 Å². The molecule has 82 heavy (non-hydrogen) atoms. The fraction of sp³-hybridized carbons (Fsp3) is 0. The van der Waals surface area contributed by atoms with E-state index in [1.54, 1.807) is 0 Å². The van der Waals surface area contributed by atoms with Crippen LogP contribution in [-0.4, -0.2) is 17.9 Å².